The minimum atomic E-state index is 0.468. The lowest BCUT2D eigenvalue weighted by Gasteiger charge is -2.23. The summed E-state index contributed by atoms with van der Waals surface area (Å²) in [6, 6.07) is 0.548. The van der Waals surface area contributed by atoms with E-state index in [1.54, 1.807) is 0 Å². The van der Waals surface area contributed by atoms with Crippen LogP contribution in [0.1, 0.15) is 43.0 Å². The van der Waals surface area contributed by atoms with Crippen LogP contribution in [-0.2, 0) is 17.6 Å². The predicted octanol–water partition coefficient (Wildman–Crippen LogP) is 1.83. The second-order valence-corrected chi connectivity index (χ2v) is 4.03. The van der Waals surface area contributed by atoms with Gasteiger partial charge in [0.15, 0.2) is 0 Å². The van der Waals surface area contributed by atoms with Crippen LogP contribution in [0, 0.1) is 6.92 Å². The number of aromatic nitrogens is 2. The van der Waals surface area contributed by atoms with E-state index in [1.807, 2.05) is 6.92 Å². The Bertz CT molecular complexity index is 354. The lowest BCUT2D eigenvalue weighted by molar-refractivity contribution is -0.107. The Labute approximate surface area is 84.1 Å². The van der Waals surface area contributed by atoms with Gasteiger partial charge in [0.1, 0.15) is 12.1 Å². The molecule has 2 rings (SSSR count). The van der Waals surface area contributed by atoms with Gasteiger partial charge in [0.2, 0.25) is 0 Å². The minimum Gasteiger partial charge on any atom is -0.329 e. The molecular weight excluding hydrogens is 176 g/mol. The number of hydrogen-bond acceptors (Lipinski definition) is 2. The van der Waals surface area contributed by atoms with Gasteiger partial charge in [0, 0.05) is 18.2 Å². The summed E-state index contributed by atoms with van der Waals surface area (Å²) < 4.78 is 2.29. The lowest BCUT2D eigenvalue weighted by atomic mass is 10.0. The molecule has 1 aromatic heterocycles. The Morgan fingerprint density at radius 3 is 3.14 bits per heavy atom. The zero-order chi connectivity index (χ0) is 10.1. The Hall–Kier alpha value is -1.12. The van der Waals surface area contributed by atoms with Crippen molar-refractivity contribution in [3.8, 4) is 0 Å². The molecule has 0 amide bonds. The Balaban J connectivity index is 2.46. The maximum atomic E-state index is 10.5. The van der Waals surface area contributed by atoms with E-state index in [9.17, 15) is 4.79 Å². The van der Waals surface area contributed by atoms with Gasteiger partial charge in [-0.15, -0.1) is 0 Å². The highest BCUT2D eigenvalue weighted by Crippen LogP contribution is 2.28. The summed E-state index contributed by atoms with van der Waals surface area (Å²) in [6.07, 6.45) is 4.94. The quantitative estimate of drug-likeness (QED) is 0.670. The Morgan fingerprint density at radius 1 is 1.64 bits per heavy atom. The van der Waals surface area contributed by atoms with E-state index in [4.69, 9.17) is 0 Å². The summed E-state index contributed by atoms with van der Waals surface area (Å²) in [5.74, 6) is 1.06. The molecule has 2 heterocycles. The van der Waals surface area contributed by atoms with Gasteiger partial charge < -0.3 is 9.36 Å². The molecular formula is C11H16N2O. The minimum absolute atomic E-state index is 0.468. The Kier molecular flexibility index (Phi) is 2.40. The van der Waals surface area contributed by atoms with Crippen LogP contribution >= 0.6 is 0 Å². The lowest BCUT2D eigenvalue weighted by Crippen LogP contribution is -2.16. The number of hydrogen-bond donors (Lipinski definition) is 0. The summed E-state index contributed by atoms with van der Waals surface area (Å²) in [4.78, 5) is 15.0. The largest absolute Gasteiger partial charge is 0.329 e. The van der Waals surface area contributed by atoms with Crippen LogP contribution in [-0.4, -0.2) is 15.8 Å². The summed E-state index contributed by atoms with van der Waals surface area (Å²) in [6.45, 7) is 4.25. The van der Waals surface area contributed by atoms with Gasteiger partial charge in [0.25, 0.3) is 0 Å². The van der Waals surface area contributed by atoms with Crippen LogP contribution in [0.15, 0.2) is 0 Å². The first kappa shape index (κ1) is 9.44. The van der Waals surface area contributed by atoms with E-state index in [1.165, 1.54) is 18.5 Å². The van der Waals surface area contributed by atoms with Crippen molar-refractivity contribution < 1.29 is 4.79 Å². The van der Waals surface area contributed by atoms with Crippen molar-refractivity contribution in [1.82, 2.24) is 9.55 Å². The van der Waals surface area contributed by atoms with Crippen LogP contribution in [0.5, 0.6) is 0 Å². The molecule has 0 aromatic carbocycles. The van der Waals surface area contributed by atoms with Crippen LogP contribution < -0.4 is 0 Å². The molecule has 0 N–H and O–H groups in total. The topological polar surface area (TPSA) is 34.9 Å². The van der Waals surface area contributed by atoms with Gasteiger partial charge in [-0.3, -0.25) is 0 Å². The van der Waals surface area contributed by atoms with Gasteiger partial charge in [-0.1, -0.05) is 0 Å². The molecule has 1 aliphatic rings. The summed E-state index contributed by atoms with van der Waals surface area (Å²) >= 11 is 0. The van der Waals surface area contributed by atoms with E-state index < -0.39 is 0 Å². The molecule has 76 valence electrons. The zero-order valence-corrected chi connectivity index (χ0v) is 8.79. The molecule has 1 aromatic rings. The number of rotatable bonds is 2. The van der Waals surface area contributed by atoms with E-state index in [-0.39, 0.29) is 0 Å². The molecule has 0 bridgehead atoms. The van der Waals surface area contributed by atoms with Gasteiger partial charge in [-0.05, 0) is 33.1 Å². The van der Waals surface area contributed by atoms with E-state index in [0.29, 0.717) is 12.5 Å². The molecule has 0 fully saturated rings. The molecule has 1 aliphatic heterocycles. The molecule has 14 heavy (non-hydrogen) atoms. The number of aryl methyl sites for hydroxylation is 1. The van der Waals surface area contributed by atoms with E-state index in [2.05, 4.69) is 16.5 Å². The third kappa shape index (κ3) is 1.37. The van der Waals surface area contributed by atoms with Crippen molar-refractivity contribution in [3.05, 3.63) is 17.2 Å². The van der Waals surface area contributed by atoms with Crippen LogP contribution in [0.4, 0.5) is 0 Å². The van der Waals surface area contributed by atoms with E-state index >= 15 is 0 Å². The van der Waals surface area contributed by atoms with Gasteiger partial charge in [-0.25, -0.2) is 4.98 Å². The monoisotopic (exact) mass is 192 g/mol. The van der Waals surface area contributed by atoms with Crippen LogP contribution in [0.2, 0.25) is 0 Å². The second-order valence-electron chi connectivity index (χ2n) is 4.03. The molecule has 0 aliphatic carbocycles. The summed E-state index contributed by atoms with van der Waals surface area (Å²) in [7, 11) is 0. The second kappa shape index (κ2) is 3.56. The number of carbonyl (C=O) groups is 1. The van der Waals surface area contributed by atoms with Crippen molar-refractivity contribution in [2.75, 3.05) is 0 Å². The standard InChI is InChI=1S/C11H16N2O/c1-8-4-3-5-11-10(6-7-14)12-9(2)13(8)11/h7-8H,3-6H2,1-2H3. The normalized spacial score (nSPS) is 20.6. The van der Waals surface area contributed by atoms with Gasteiger partial charge >= 0.3 is 0 Å². The first-order valence-corrected chi connectivity index (χ1v) is 5.24. The maximum Gasteiger partial charge on any atom is 0.126 e. The van der Waals surface area contributed by atoms with E-state index in [0.717, 1.165) is 24.2 Å². The third-order valence-corrected chi connectivity index (χ3v) is 3.02. The fourth-order valence-electron chi connectivity index (χ4n) is 2.43. The maximum absolute atomic E-state index is 10.5. The first-order chi connectivity index (χ1) is 6.74. The summed E-state index contributed by atoms with van der Waals surface area (Å²) in [5.41, 5.74) is 2.28. The number of carbonyl (C=O) groups excluding carboxylic acids is 1. The fraction of sp³-hybridized carbons (Fsp3) is 0.636. The van der Waals surface area contributed by atoms with Crippen molar-refractivity contribution in [2.45, 2.75) is 45.6 Å². The van der Waals surface area contributed by atoms with Crippen molar-refractivity contribution in [1.29, 1.82) is 0 Å². The highest BCUT2D eigenvalue weighted by molar-refractivity contribution is 5.54. The average molecular weight is 192 g/mol. The van der Waals surface area contributed by atoms with Gasteiger partial charge in [-0.2, -0.15) is 0 Å². The highest BCUT2D eigenvalue weighted by Gasteiger charge is 2.21. The number of imidazole rings is 1. The smallest absolute Gasteiger partial charge is 0.126 e. The predicted molar refractivity (Wildman–Crippen MR) is 54.4 cm³/mol. The van der Waals surface area contributed by atoms with Gasteiger partial charge in [0.05, 0.1) is 5.69 Å². The number of nitrogens with zero attached hydrogens (tertiary/aromatic N) is 2. The van der Waals surface area contributed by atoms with Crippen molar-refractivity contribution in [3.63, 3.8) is 0 Å². The average Bonchev–Trinajstić information content (AvgIpc) is 2.46. The number of aldehydes is 1. The molecule has 0 saturated heterocycles. The van der Waals surface area contributed by atoms with Crippen molar-refractivity contribution in [2.24, 2.45) is 0 Å². The first-order valence-electron chi connectivity index (χ1n) is 5.24. The molecule has 0 spiro atoms. The molecule has 0 radical (unpaired) electrons. The highest BCUT2D eigenvalue weighted by atomic mass is 16.1. The zero-order valence-electron chi connectivity index (χ0n) is 8.79. The molecule has 1 atom stereocenters. The van der Waals surface area contributed by atoms with Crippen LogP contribution in [0.3, 0.4) is 0 Å². The Morgan fingerprint density at radius 2 is 2.43 bits per heavy atom. The molecule has 3 heteroatoms. The molecule has 1 unspecified atom stereocenters. The molecule has 3 nitrogen and oxygen atoms in total. The van der Waals surface area contributed by atoms with Crippen molar-refractivity contribution >= 4 is 6.29 Å². The number of fused-ring (bicyclic) bond motifs is 1. The third-order valence-electron chi connectivity index (χ3n) is 3.02. The molecule has 0 saturated carbocycles. The fourth-order valence-corrected chi connectivity index (χ4v) is 2.43. The van der Waals surface area contributed by atoms with Crippen LogP contribution in [0.25, 0.3) is 0 Å². The SMILES string of the molecule is Cc1nc(CC=O)c2n1C(C)CCC2. The summed E-state index contributed by atoms with van der Waals surface area (Å²) in [5, 5.41) is 0.